The molecule has 0 fully saturated rings. The van der Waals surface area contributed by atoms with Crippen LogP contribution in [0.2, 0.25) is 0 Å². The van der Waals surface area contributed by atoms with Gasteiger partial charge in [-0.2, -0.15) is 18.2 Å². The molecular weight excluding hydrogens is 394 g/mol. The van der Waals surface area contributed by atoms with Gasteiger partial charge in [0.1, 0.15) is 12.4 Å². The van der Waals surface area contributed by atoms with E-state index in [9.17, 15) is 22.4 Å². The van der Waals surface area contributed by atoms with Crippen LogP contribution in [0.1, 0.15) is 5.89 Å². The van der Waals surface area contributed by atoms with Crippen molar-refractivity contribution in [2.45, 2.75) is 12.7 Å². The molecule has 148 valence electrons. The smallest absolute Gasteiger partial charge is 0.329 e. The molecule has 0 radical (unpaired) electrons. The van der Waals surface area contributed by atoms with Gasteiger partial charge >= 0.3 is 12.1 Å². The molecule has 29 heavy (non-hydrogen) atoms. The van der Waals surface area contributed by atoms with E-state index < -0.39 is 17.9 Å². The van der Waals surface area contributed by atoms with E-state index in [4.69, 9.17) is 0 Å². The molecule has 2 heterocycles. The Labute approximate surface area is 160 Å². The molecule has 0 saturated heterocycles. The van der Waals surface area contributed by atoms with Crippen LogP contribution in [0.15, 0.2) is 53.3 Å². The zero-order valence-electron chi connectivity index (χ0n) is 14.4. The molecule has 0 aliphatic rings. The number of rotatable bonds is 4. The Kier molecular flexibility index (Phi) is 4.49. The van der Waals surface area contributed by atoms with E-state index in [1.54, 1.807) is 6.07 Å². The minimum atomic E-state index is -4.74. The summed E-state index contributed by atoms with van der Waals surface area (Å²) in [5, 5.41) is 5.97. The molecule has 0 aliphatic heterocycles. The molecule has 7 nitrogen and oxygen atoms in total. The van der Waals surface area contributed by atoms with Crippen LogP contribution >= 0.6 is 0 Å². The summed E-state index contributed by atoms with van der Waals surface area (Å²) >= 11 is 0. The van der Waals surface area contributed by atoms with Crippen molar-refractivity contribution in [2.24, 2.45) is 0 Å². The third-order valence-corrected chi connectivity index (χ3v) is 3.99. The highest BCUT2D eigenvalue weighted by Gasteiger charge is 2.38. The molecule has 0 spiro atoms. The van der Waals surface area contributed by atoms with Gasteiger partial charge in [-0.1, -0.05) is 5.16 Å². The molecule has 4 rings (SSSR count). The van der Waals surface area contributed by atoms with Crippen molar-refractivity contribution >= 4 is 22.6 Å². The SMILES string of the molecule is O=C(Cn1cnc2ccc(-c3noc(C(F)(F)F)n3)cc21)Nc1ccc(F)cc1. The molecular formula is C18H11F4N5O2. The molecule has 0 saturated carbocycles. The Morgan fingerprint density at radius 2 is 1.90 bits per heavy atom. The standard InChI is InChI=1S/C18H11F4N5O2/c19-11-2-4-12(5-3-11)24-15(28)8-27-9-23-13-6-1-10(7-14(13)27)16-25-17(29-26-16)18(20,21)22/h1-7,9H,8H2,(H,24,28). The Morgan fingerprint density at radius 1 is 1.14 bits per heavy atom. The van der Waals surface area contributed by atoms with Gasteiger partial charge in [0.05, 0.1) is 17.4 Å². The van der Waals surface area contributed by atoms with Crippen molar-refractivity contribution in [3.63, 3.8) is 0 Å². The molecule has 11 heteroatoms. The second-order valence-electron chi connectivity index (χ2n) is 6.05. The van der Waals surface area contributed by atoms with E-state index in [2.05, 4.69) is 25.0 Å². The molecule has 0 aliphatic carbocycles. The fourth-order valence-electron chi connectivity index (χ4n) is 2.67. The number of anilines is 1. The molecule has 0 bridgehead atoms. The first-order valence-electron chi connectivity index (χ1n) is 8.21. The lowest BCUT2D eigenvalue weighted by molar-refractivity contribution is -0.159. The first-order valence-corrected chi connectivity index (χ1v) is 8.21. The second kappa shape index (κ2) is 7.00. The maximum absolute atomic E-state index is 12.9. The number of halogens is 4. The van der Waals surface area contributed by atoms with Crippen LogP contribution in [0.4, 0.5) is 23.2 Å². The summed E-state index contributed by atoms with van der Waals surface area (Å²) in [7, 11) is 0. The second-order valence-corrected chi connectivity index (χ2v) is 6.05. The van der Waals surface area contributed by atoms with Gasteiger partial charge in [0.15, 0.2) is 0 Å². The largest absolute Gasteiger partial charge is 0.471 e. The summed E-state index contributed by atoms with van der Waals surface area (Å²) in [6.45, 7) is -0.114. The summed E-state index contributed by atoms with van der Waals surface area (Å²) < 4.78 is 56.7. The van der Waals surface area contributed by atoms with Gasteiger partial charge in [0, 0.05) is 11.3 Å². The molecule has 1 N–H and O–H groups in total. The Bertz CT molecular complexity index is 1180. The average Bonchev–Trinajstić information content (AvgIpc) is 3.31. The van der Waals surface area contributed by atoms with Crippen LogP contribution in [0.5, 0.6) is 0 Å². The van der Waals surface area contributed by atoms with E-state index in [1.807, 2.05) is 0 Å². The van der Waals surface area contributed by atoms with Gasteiger partial charge in [-0.3, -0.25) is 4.79 Å². The first kappa shape index (κ1) is 18.6. The first-order chi connectivity index (χ1) is 13.8. The van der Waals surface area contributed by atoms with Crippen LogP contribution < -0.4 is 5.32 Å². The number of nitrogens with one attached hydrogen (secondary N) is 1. The Hall–Kier alpha value is -3.76. The Balaban J connectivity index is 1.57. The van der Waals surface area contributed by atoms with Crippen molar-refractivity contribution in [3.05, 3.63) is 60.5 Å². The third-order valence-electron chi connectivity index (χ3n) is 3.99. The van der Waals surface area contributed by atoms with Gasteiger partial charge in [-0.15, -0.1) is 0 Å². The fourth-order valence-corrected chi connectivity index (χ4v) is 2.67. The third kappa shape index (κ3) is 3.93. The highest BCUT2D eigenvalue weighted by molar-refractivity contribution is 5.91. The van der Waals surface area contributed by atoms with Crippen LogP contribution in [0, 0.1) is 5.82 Å². The predicted molar refractivity (Wildman–Crippen MR) is 93.1 cm³/mol. The number of nitrogens with zero attached hydrogens (tertiary/aromatic N) is 4. The van der Waals surface area contributed by atoms with E-state index in [-0.39, 0.29) is 23.8 Å². The highest BCUT2D eigenvalue weighted by Crippen LogP contribution is 2.30. The lowest BCUT2D eigenvalue weighted by atomic mass is 10.2. The monoisotopic (exact) mass is 405 g/mol. The van der Waals surface area contributed by atoms with Crippen molar-refractivity contribution < 1.29 is 26.9 Å². The van der Waals surface area contributed by atoms with E-state index in [1.165, 1.54) is 47.3 Å². The maximum atomic E-state index is 12.9. The van der Waals surface area contributed by atoms with Crippen molar-refractivity contribution in [1.29, 1.82) is 0 Å². The predicted octanol–water partition coefficient (Wildman–Crippen LogP) is 3.88. The average molecular weight is 405 g/mol. The fraction of sp³-hybridized carbons (Fsp3) is 0.111. The van der Waals surface area contributed by atoms with Crippen LogP contribution in [0.25, 0.3) is 22.4 Å². The number of benzene rings is 2. The number of hydrogen-bond acceptors (Lipinski definition) is 5. The summed E-state index contributed by atoms with van der Waals surface area (Å²) in [6, 6.07) is 9.87. The number of amides is 1. The van der Waals surface area contributed by atoms with E-state index >= 15 is 0 Å². The van der Waals surface area contributed by atoms with Crippen molar-refractivity contribution in [2.75, 3.05) is 5.32 Å². The zero-order valence-corrected chi connectivity index (χ0v) is 14.4. The minimum Gasteiger partial charge on any atom is -0.329 e. The topological polar surface area (TPSA) is 85.8 Å². The summed E-state index contributed by atoms with van der Waals surface area (Å²) in [6.07, 6.45) is -3.31. The minimum absolute atomic E-state index is 0.114. The number of carbonyl (C=O) groups is 1. The van der Waals surface area contributed by atoms with Gasteiger partial charge in [-0.05, 0) is 42.5 Å². The molecule has 0 atom stereocenters. The highest BCUT2D eigenvalue weighted by atomic mass is 19.4. The van der Waals surface area contributed by atoms with Gasteiger partial charge in [-0.25, -0.2) is 9.37 Å². The molecule has 0 unspecified atom stereocenters. The summed E-state index contributed by atoms with van der Waals surface area (Å²) in [5.41, 5.74) is 1.73. The molecule has 4 aromatic rings. The number of carbonyl (C=O) groups excluding carboxylic acids is 1. The van der Waals surface area contributed by atoms with Gasteiger partial charge < -0.3 is 14.4 Å². The lowest BCUT2D eigenvalue weighted by Crippen LogP contribution is -2.18. The molecule has 1 amide bonds. The number of imidazole rings is 1. The number of hydrogen-bond donors (Lipinski definition) is 1. The quantitative estimate of drug-likeness (QED) is 0.521. The number of alkyl halides is 3. The number of aromatic nitrogens is 4. The maximum Gasteiger partial charge on any atom is 0.471 e. The normalized spacial score (nSPS) is 11.7. The lowest BCUT2D eigenvalue weighted by Gasteiger charge is -2.07. The van der Waals surface area contributed by atoms with E-state index in [0.717, 1.165) is 0 Å². The summed E-state index contributed by atoms with van der Waals surface area (Å²) in [4.78, 5) is 19.8. The zero-order chi connectivity index (χ0) is 20.6. The number of fused-ring (bicyclic) bond motifs is 1. The molecule has 2 aromatic heterocycles. The van der Waals surface area contributed by atoms with Gasteiger partial charge in [0.25, 0.3) is 0 Å². The molecule has 2 aromatic carbocycles. The van der Waals surface area contributed by atoms with Crippen molar-refractivity contribution in [1.82, 2.24) is 19.7 Å². The van der Waals surface area contributed by atoms with Crippen LogP contribution in [0.3, 0.4) is 0 Å². The van der Waals surface area contributed by atoms with Crippen LogP contribution in [-0.2, 0) is 17.5 Å². The van der Waals surface area contributed by atoms with Crippen LogP contribution in [-0.4, -0.2) is 25.6 Å². The summed E-state index contributed by atoms with van der Waals surface area (Å²) in [5.74, 6) is -2.49. The Morgan fingerprint density at radius 3 is 2.59 bits per heavy atom. The van der Waals surface area contributed by atoms with Crippen molar-refractivity contribution in [3.8, 4) is 11.4 Å². The van der Waals surface area contributed by atoms with Gasteiger partial charge in [0.2, 0.25) is 11.7 Å². The van der Waals surface area contributed by atoms with E-state index in [0.29, 0.717) is 16.7 Å².